The van der Waals surface area contributed by atoms with Crippen molar-refractivity contribution in [2.45, 2.75) is 51.9 Å². The van der Waals surface area contributed by atoms with Crippen LogP contribution in [0.3, 0.4) is 0 Å². The average molecular weight is 231 g/mol. The first-order valence-corrected chi connectivity index (χ1v) is 5.08. The molecule has 0 aromatic rings. The summed E-state index contributed by atoms with van der Waals surface area (Å²) >= 11 is 0. The molecule has 0 heterocycles. The summed E-state index contributed by atoms with van der Waals surface area (Å²) in [6, 6.07) is 0. The van der Waals surface area contributed by atoms with Gasteiger partial charge in [-0.05, 0) is 19.3 Å². The smallest absolute Gasteiger partial charge is 0.306 e. The number of halogens is 2. The molecule has 15 heavy (non-hydrogen) atoms. The van der Waals surface area contributed by atoms with E-state index < -0.39 is 12.4 Å². The SMILES string of the molecule is CCCC(CCCCC(F)F)C(=O)O.[Na]. The summed E-state index contributed by atoms with van der Waals surface area (Å²) < 4.78 is 23.5. The Morgan fingerprint density at radius 3 is 2.13 bits per heavy atom. The van der Waals surface area contributed by atoms with Crippen molar-refractivity contribution < 1.29 is 18.7 Å². The Morgan fingerprint density at radius 1 is 1.20 bits per heavy atom. The van der Waals surface area contributed by atoms with E-state index in [4.69, 9.17) is 5.11 Å². The van der Waals surface area contributed by atoms with Crippen molar-refractivity contribution >= 4 is 35.5 Å². The van der Waals surface area contributed by atoms with Crippen LogP contribution in [0.2, 0.25) is 0 Å². The first-order chi connectivity index (χ1) is 6.57. The molecule has 0 spiro atoms. The van der Waals surface area contributed by atoms with Crippen molar-refractivity contribution in [2.75, 3.05) is 0 Å². The fraction of sp³-hybridized carbons (Fsp3) is 0.900. The number of aliphatic carboxylic acids is 1. The number of hydrogen-bond donors (Lipinski definition) is 1. The molecule has 0 rings (SSSR count). The third-order valence-corrected chi connectivity index (χ3v) is 2.21. The van der Waals surface area contributed by atoms with E-state index in [0.29, 0.717) is 25.7 Å². The molecular formula is C10H18F2NaO2. The van der Waals surface area contributed by atoms with Gasteiger partial charge in [-0.25, -0.2) is 8.78 Å². The van der Waals surface area contributed by atoms with Crippen molar-refractivity contribution in [3.63, 3.8) is 0 Å². The maximum atomic E-state index is 11.7. The Kier molecular flexibility index (Phi) is 12.8. The molecule has 5 heteroatoms. The average Bonchev–Trinajstić information content (AvgIpc) is 2.09. The van der Waals surface area contributed by atoms with Gasteiger partial charge in [0.25, 0.3) is 0 Å². The third-order valence-electron chi connectivity index (χ3n) is 2.21. The molecule has 1 N–H and O–H groups in total. The van der Waals surface area contributed by atoms with Gasteiger partial charge in [0, 0.05) is 36.0 Å². The molecule has 0 aliphatic heterocycles. The van der Waals surface area contributed by atoms with Crippen molar-refractivity contribution in [2.24, 2.45) is 5.92 Å². The Morgan fingerprint density at radius 2 is 1.73 bits per heavy atom. The van der Waals surface area contributed by atoms with Gasteiger partial charge in [0.15, 0.2) is 0 Å². The maximum Gasteiger partial charge on any atom is 0.306 e. The van der Waals surface area contributed by atoms with Crippen molar-refractivity contribution in [1.82, 2.24) is 0 Å². The molecule has 0 bridgehead atoms. The Hall–Kier alpha value is 0.330. The summed E-state index contributed by atoms with van der Waals surface area (Å²) in [5, 5.41) is 8.76. The van der Waals surface area contributed by atoms with Crippen LogP contribution in [-0.4, -0.2) is 47.1 Å². The Balaban J connectivity index is 0. The minimum absolute atomic E-state index is 0. The van der Waals surface area contributed by atoms with Gasteiger partial charge in [-0.3, -0.25) is 4.79 Å². The fourth-order valence-electron chi connectivity index (χ4n) is 1.43. The molecule has 0 aromatic heterocycles. The fourth-order valence-corrected chi connectivity index (χ4v) is 1.43. The minimum atomic E-state index is -2.26. The van der Waals surface area contributed by atoms with Crippen molar-refractivity contribution in [1.29, 1.82) is 0 Å². The van der Waals surface area contributed by atoms with Crippen LogP contribution in [0.25, 0.3) is 0 Å². The monoisotopic (exact) mass is 231 g/mol. The summed E-state index contributed by atoms with van der Waals surface area (Å²) in [7, 11) is 0. The normalized spacial score (nSPS) is 12.3. The molecule has 0 aromatic carbocycles. The summed E-state index contributed by atoms with van der Waals surface area (Å²) in [5.74, 6) is -1.15. The van der Waals surface area contributed by atoms with Crippen LogP contribution >= 0.6 is 0 Å². The van der Waals surface area contributed by atoms with Crippen LogP contribution in [0.15, 0.2) is 0 Å². The topological polar surface area (TPSA) is 37.3 Å². The Labute approximate surface area is 112 Å². The zero-order valence-corrected chi connectivity index (χ0v) is 11.5. The van der Waals surface area contributed by atoms with Crippen LogP contribution in [0.1, 0.15) is 45.4 Å². The van der Waals surface area contributed by atoms with Gasteiger partial charge >= 0.3 is 5.97 Å². The molecule has 1 radical (unpaired) electrons. The molecule has 0 amide bonds. The van der Waals surface area contributed by atoms with E-state index in [1.54, 1.807) is 0 Å². The first-order valence-electron chi connectivity index (χ1n) is 5.08. The molecule has 1 unspecified atom stereocenters. The van der Waals surface area contributed by atoms with Crippen molar-refractivity contribution in [3.05, 3.63) is 0 Å². The summed E-state index contributed by atoms with van der Waals surface area (Å²) in [5.41, 5.74) is 0. The predicted octanol–water partition coefficient (Wildman–Crippen LogP) is 2.93. The maximum absolute atomic E-state index is 11.7. The van der Waals surface area contributed by atoms with Gasteiger partial charge in [0.05, 0.1) is 5.92 Å². The van der Waals surface area contributed by atoms with Gasteiger partial charge in [0.1, 0.15) is 0 Å². The number of carboxylic acids is 1. The van der Waals surface area contributed by atoms with Crippen LogP contribution in [0.4, 0.5) is 8.78 Å². The van der Waals surface area contributed by atoms with Gasteiger partial charge in [-0.1, -0.05) is 19.8 Å². The van der Waals surface area contributed by atoms with Gasteiger partial charge in [-0.15, -0.1) is 0 Å². The van der Waals surface area contributed by atoms with Gasteiger partial charge in [-0.2, -0.15) is 0 Å². The molecule has 0 saturated heterocycles. The molecule has 0 fully saturated rings. The molecule has 0 saturated carbocycles. The number of carbonyl (C=O) groups is 1. The zero-order chi connectivity index (χ0) is 11.0. The molecule has 0 aliphatic carbocycles. The van der Waals surface area contributed by atoms with Crippen LogP contribution < -0.4 is 0 Å². The van der Waals surface area contributed by atoms with E-state index >= 15 is 0 Å². The molecule has 2 nitrogen and oxygen atoms in total. The van der Waals surface area contributed by atoms with Gasteiger partial charge < -0.3 is 5.11 Å². The summed E-state index contributed by atoms with van der Waals surface area (Å²) in [4.78, 5) is 10.7. The second-order valence-corrected chi connectivity index (χ2v) is 3.50. The largest absolute Gasteiger partial charge is 0.481 e. The van der Waals surface area contributed by atoms with E-state index in [1.165, 1.54) is 0 Å². The van der Waals surface area contributed by atoms with E-state index in [1.807, 2.05) is 6.92 Å². The minimum Gasteiger partial charge on any atom is -0.481 e. The number of rotatable bonds is 8. The van der Waals surface area contributed by atoms with E-state index in [0.717, 1.165) is 6.42 Å². The molecule has 1 atom stereocenters. The van der Waals surface area contributed by atoms with Crippen LogP contribution in [-0.2, 0) is 4.79 Å². The number of alkyl halides is 2. The third kappa shape index (κ3) is 10.6. The van der Waals surface area contributed by atoms with E-state index in [2.05, 4.69) is 0 Å². The van der Waals surface area contributed by atoms with E-state index in [-0.39, 0.29) is 41.9 Å². The second-order valence-electron chi connectivity index (χ2n) is 3.50. The number of unbranched alkanes of at least 4 members (excludes halogenated alkanes) is 1. The summed E-state index contributed by atoms with van der Waals surface area (Å²) in [6.07, 6.45) is 0.626. The van der Waals surface area contributed by atoms with Crippen LogP contribution in [0, 0.1) is 5.92 Å². The number of carboxylic acid groups (broad SMARTS) is 1. The van der Waals surface area contributed by atoms with Gasteiger partial charge in [0.2, 0.25) is 6.43 Å². The van der Waals surface area contributed by atoms with E-state index in [9.17, 15) is 13.6 Å². The Bertz CT molecular complexity index is 166. The zero-order valence-electron chi connectivity index (χ0n) is 9.51. The predicted molar refractivity (Wildman–Crippen MR) is 56.3 cm³/mol. The number of hydrogen-bond acceptors (Lipinski definition) is 1. The standard InChI is InChI=1S/C10H18F2O2.Na/c1-2-5-8(10(13)14)6-3-4-7-9(11)12;/h8-9H,2-7H2,1H3,(H,13,14);. The molecular weight excluding hydrogens is 213 g/mol. The quantitative estimate of drug-likeness (QED) is 0.515. The second kappa shape index (κ2) is 10.8. The molecule has 0 aliphatic rings. The van der Waals surface area contributed by atoms with Crippen LogP contribution in [0.5, 0.6) is 0 Å². The molecule has 85 valence electrons. The first kappa shape index (κ1) is 17.7. The van der Waals surface area contributed by atoms with Crippen molar-refractivity contribution in [3.8, 4) is 0 Å². The summed E-state index contributed by atoms with van der Waals surface area (Å²) in [6.45, 7) is 1.93.